The van der Waals surface area contributed by atoms with Gasteiger partial charge in [0.05, 0.1) is 16.7 Å². The van der Waals surface area contributed by atoms with Crippen LogP contribution in [0.3, 0.4) is 0 Å². The van der Waals surface area contributed by atoms with E-state index in [0.29, 0.717) is 0 Å². The molecule has 2 aromatic heterocycles. The van der Waals surface area contributed by atoms with Gasteiger partial charge < -0.3 is 29.6 Å². The molecule has 0 saturated carbocycles. The highest BCUT2D eigenvalue weighted by Gasteiger charge is 2.47. The normalized spacial score (nSPS) is 26.6. The maximum Gasteiger partial charge on any atom is 0.260 e. The molecule has 0 aliphatic carbocycles. The number of benzene rings is 1. The van der Waals surface area contributed by atoms with E-state index in [9.17, 15) is 24.5 Å². The van der Waals surface area contributed by atoms with Crippen LogP contribution in [0.4, 0.5) is 4.39 Å². The van der Waals surface area contributed by atoms with Crippen molar-refractivity contribution in [2.24, 2.45) is 0 Å². The van der Waals surface area contributed by atoms with Gasteiger partial charge in [0.25, 0.3) is 5.56 Å². The molecule has 0 unspecified atom stereocenters. The molecule has 3 heterocycles. The molecule has 0 radical (unpaired) electrons. The van der Waals surface area contributed by atoms with Crippen molar-refractivity contribution in [3.8, 4) is 0 Å². The number of hydrogen-bond donors (Lipinski definition) is 4. The van der Waals surface area contributed by atoms with Gasteiger partial charge >= 0.3 is 0 Å². The number of aromatic nitrogens is 3. The van der Waals surface area contributed by atoms with Gasteiger partial charge in [-0.2, -0.15) is 0 Å². The second-order valence-corrected chi connectivity index (χ2v) is 6.69. The van der Waals surface area contributed by atoms with E-state index < -0.39 is 36.5 Å². The number of halogens is 2. The number of nitrogens with one attached hydrogen (secondary N) is 1. The summed E-state index contributed by atoms with van der Waals surface area (Å²) < 4.78 is 20.7. The summed E-state index contributed by atoms with van der Waals surface area (Å²) in [6.45, 7) is 0. The summed E-state index contributed by atoms with van der Waals surface area (Å²) in [6, 6.07) is 5.22. The first-order valence-corrected chi connectivity index (χ1v) is 8.45. The number of ether oxygens (including phenoxy) is 1. The van der Waals surface area contributed by atoms with E-state index in [2.05, 4.69) is 9.97 Å². The van der Waals surface area contributed by atoms with E-state index in [0.717, 1.165) is 6.07 Å². The standard InChI is InChI=1S/C17H15ClFN3O5/c18-9-2-1-7(5-10(9)19)11(23)14-12(24)13(25)17(27-14)22-4-3-8-15(22)20-6-21-16(8)26/h1-6,11-14,17,23-25H,(H,20,21,26)/t11-,12+,13-,14-,17-/m1/s1. The highest BCUT2D eigenvalue weighted by atomic mass is 35.5. The van der Waals surface area contributed by atoms with Gasteiger partial charge in [-0.3, -0.25) is 4.79 Å². The second-order valence-electron chi connectivity index (χ2n) is 6.28. The molecular formula is C17H15ClFN3O5. The summed E-state index contributed by atoms with van der Waals surface area (Å²) in [7, 11) is 0. The molecule has 27 heavy (non-hydrogen) atoms. The smallest absolute Gasteiger partial charge is 0.260 e. The Morgan fingerprint density at radius 1 is 1.30 bits per heavy atom. The molecule has 0 amide bonds. The van der Waals surface area contributed by atoms with Gasteiger partial charge in [0, 0.05) is 6.20 Å². The van der Waals surface area contributed by atoms with Crippen LogP contribution >= 0.6 is 11.6 Å². The summed E-state index contributed by atoms with van der Waals surface area (Å²) in [5.41, 5.74) is 0.0309. The maximum atomic E-state index is 13.7. The fourth-order valence-corrected chi connectivity index (χ4v) is 3.37. The van der Waals surface area contributed by atoms with E-state index in [4.69, 9.17) is 16.3 Å². The van der Waals surface area contributed by atoms with Crippen LogP contribution in [0.1, 0.15) is 17.9 Å². The minimum atomic E-state index is -1.46. The summed E-state index contributed by atoms with van der Waals surface area (Å²) in [6.07, 6.45) is -3.90. The van der Waals surface area contributed by atoms with Crippen LogP contribution in [0.25, 0.3) is 11.0 Å². The Labute approximate surface area is 156 Å². The van der Waals surface area contributed by atoms with Crippen molar-refractivity contribution < 1.29 is 24.4 Å². The van der Waals surface area contributed by atoms with Crippen molar-refractivity contribution >= 4 is 22.6 Å². The van der Waals surface area contributed by atoms with Crippen LogP contribution in [-0.2, 0) is 4.74 Å². The van der Waals surface area contributed by atoms with E-state index in [1.54, 1.807) is 0 Å². The van der Waals surface area contributed by atoms with Gasteiger partial charge in [-0.15, -0.1) is 0 Å². The highest BCUT2D eigenvalue weighted by Crippen LogP contribution is 2.37. The monoisotopic (exact) mass is 395 g/mol. The highest BCUT2D eigenvalue weighted by molar-refractivity contribution is 6.30. The van der Waals surface area contributed by atoms with Crippen LogP contribution in [0.2, 0.25) is 5.02 Å². The number of nitrogens with zero attached hydrogens (tertiary/aromatic N) is 2. The number of fused-ring (bicyclic) bond motifs is 1. The molecule has 1 aromatic carbocycles. The molecule has 1 saturated heterocycles. The topological polar surface area (TPSA) is 121 Å². The van der Waals surface area contributed by atoms with Gasteiger partial charge in [-0.05, 0) is 23.8 Å². The van der Waals surface area contributed by atoms with Gasteiger partial charge in [0.15, 0.2) is 6.23 Å². The number of aliphatic hydroxyl groups is 3. The van der Waals surface area contributed by atoms with Crippen LogP contribution in [0.15, 0.2) is 41.6 Å². The average Bonchev–Trinajstić information content (AvgIpc) is 3.20. The van der Waals surface area contributed by atoms with E-state index >= 15 is 0 Å². The Bertz CT molecular complexity index is 1050. The number of aromatic amines is 1. The minimum absolute atomic E-state index is 0.105. The van der Waals surface area contributed by atoms with Gasteiger partial charge in [-0.1, -0.05) is 17.7 Å². The molecule has 10 heteroatoms. The Morgan fingerprint density at radius 3 is 2.81 bits per heavy atom. The van der Waals surface area contributed by atoms with E-state index in [-0.39, 0.29) is 27.2 Å². The molecular weight excluding hydrogens is 381 g/mol. The Hall–Kier alpha value is -2.30. The zero-order chi connectivity index (χ0) is 19.3. The lowest BCUT2D eigenvalue weighted by atomic mass is 9.99. The lowest BCUT2D eigenvalue weighted by Gasteiger charge is -2.21. The summed E-state index contributed by atoms with van der Waals surface area (Å²) in [4.78, 5) is 18.3. The number of H-pyrrole nitrogens is 1. The second kappa shape index (κ2) is 6.70. The Balaban J connectivity index is 1.66. The molecule has 0 bridgehead atoms. The Kier molecular flexibility index (Phi) is 4.49. The van der Waals surface area contributed by atoms with Crippen LogP contribution in [0.5, 0.6) is 0 Å². The molecule has 0 spiro atoms. The molecule has 4 rings (SSSR count). The summed E-state index contributed by atoms with van der Waals surface area (Å²) in [5, 5.41) is 31.4. The van der Waals surface area contributed by atoms with Crippen molar-refractivity contribution in [3.63, 3.8) is 0 Å². The van der Waals surface area contributed by atoms with Gasteiger partial charge in [-0.25, -0.2) is 9.37 Å². The number of aliphatic hydroxyl groups excluding tert-OH is 3. The minimum Gasteiger partial charge on any atom is -0.387 e. The molecule has 142 valence electrons. The number of rotatable bonds is 3. The molecule has 1 fully saturated rings. The maximum absolute atomic E-state index is 13.7. The number of hydrogen-bond acceptors (Lipinski definition) is 6. The molecule has 4 N–H and O–H groups in total. The van der Waals surface area contributed by atoms with Crippen LogP contribution in [-0.4, -0.2) is 48.2 Å². The van der Waals surface area contributed by atoms with Crippen molar-refractivity contribution in [1.82, 2.24) is 14.5 Å². The third-order valence-corrected chi connectivity index (χ3v) is 4.97. The zero-order valence-corrected chi connectivity index (χ0v) is 14.4. The van der Waals surface area contributed by atoms with Gasteiger partial charge in [0.1, 0.15) is 35.9 Å². The molecule has 3 aromatic rings. The molecule has 1 aliphatic heterocycles. The van der Waals surface area contributed by atoms with Crippen molar-refractivity contribution in [2.75, 3.05) is 0 Å². The summed E-state index contributed by atoms with van der Waals surface area (Å²) in [5.74, 6) is -0.724. The van der Waals surface area contributed by atoms with Crippen LogP contribution in [0, 0.1) is 5.82 Å². The third kappa shape index (κ3) is 2.93. The lowest BCUT2D eigenvalue weighted by molar-refractivity contribution is -0.0849. The first kappa shape index (κ1) is 18.1. The van der Waals surface area contributed by atoms with E-state index in [1.165, 1.54) is 35.3 Å². The SMILES string of the molecule is O=c1[nH]cnc2c1ccn2[C@@H]1O[C@H]([C@H](O)c2ccc(Cl)c(F)c2)[C@@H](O)[C@H]1O. The van der Waals surface area contributed by atoms with Crippen molar-refractivity contribution in [3.05, 3.63) is 63.5 Å². The molecule has 1 aliphatic rings. The third-order valence-electron chi connectivity index (χ3n) is 4.66. The fourth-order valence-electron chi connectivity index (χ4n) is 3.25. The van der Waals surface area contributed by atoms with Gasteiger partial charge in [0.2, 0.25) is 0 Å². The first-order valence-electron chi connectivity index (χ1n) is 8.07. The average molecular weight is 396 g/mol. The Morgan fingerprint density at radius 2 is 2.07 bits per heavy atom. The first-order chi connectivity index (χ1) is 12.9. The van der Waals surface area contributed by atoms with Crippen LogP contribution < -0.4 is 5.56 Å². The quantitative estimate of drug-likeness (QED) is 0.522. The fraction of sp³-hybridized carbons (Fsp3) is 0.294. The predicted molar refractivity (Wildman–Crippen MR) is 92.6 cm³/mol. The molecule has 5 atom stereocenters. The largest absolute Gasteiger partial charge is 0.387 e. The zero-order valence-electron chi connectivity index (χ0n) is 13.7. The lowest BCUT2D eigenvalue weighted by Crippen LogP contribution is -2.34. The van der Waals surface area contributed by atoms with E-state index in [1.807, 2.05) is 0 Å². The van der Waals surface area contributed by atoms with Crippen molar-refractivity contribution in [1.29, 1.82) is 0 Å². The van der Waals surface area contributed by atoms with Crippen molar-refractivity contribution in [2.45, 2.75) is 30.6 Å². The summed E-state index contributed by atoms with van der Waals surface area (Å²) >= 11 is 5.64. The predicted octanol–water partition coefficient (Wildman–Crippen LogP) is 0.870. The molecule has 8 nitrogen and oxygen atoms in total.